The zero-order valence-corrected chi connectivity index (χ0v) is 25.8. The molecule has 0 aromatic heterocycles. The number of rotatable bonds is 18. The lowest BCUT2D eigenvalue weighted by Gasteiger charge is -2.28. The molecule has 220 valence electrons. The van der Waals surface area contributed by atoms with Crippen LogP contribution in [0.5, 0.6) is 5.75 Å². The number of phenols is 1. The summed E-state index contributed by atoms with van der Waals surface area (Å²) < 4.78 is 5.42. The van der Waals surface area contributed by atoms with Gasteiger partial charge in [0.1, 0.15) is 5.75 Å². The fourth-order valence-electron chi connectivity index (χ4n) is 4.84. The molecule has 38 heavy (non-hydrogen) atoms. The van der Waals surface area contributed by atoms with Gasteiger partial charge in [-0.2, -0.15) is 0 Å². The third kappa shape index (κ3) is 14.4. The first-order chi connectivity index (χ1) is 17.9. The van der Waals surface area contributed by atoms with Crippen LogP contribution in [0.25, 0.3) is 0 Å². The number of hydrogen-bond acceptors (Lipinski definition) is 4. The molecule has 1 aromatic carbocycles. The van der Waals surface area contributed by atoms with E-state index in [9.17, 15) is 15.0 Å². The molecule has 1 atom stereocenters. The Morgan fingerprint density at radius 3 is 1.63 bits per heavy atom. The van der Waals surface area contributed by atoms with E-state index in [1.165, 1.54) is 64.2 Å². The molecular weight excluding hydrogens is 474 g/mol. The number of nitrogens with one attached hydrogen (secondary N) is 1. The third-order valence-corrected chi connectivity index (χ3v) is 7.28. The topological polar surface area (TPSA) is 78.8 Å². The second-order valence-electron chi connectivity index (χ2n) is 13.2. The van der Waals surface area contributed by atoms with Crippen molar-refractivity contribution in [3.05, 3.63) is 23.3 Å². The van der Waals surface area contributed by atoms with Gasteiger partial charge in [-0.25, -0.2) is 4.79 Å². The van der Waals surface area contributed by atoms with E-state index < -0.39 is 6.09 Å². The van der Waals surface area contributed by atoms with Gasteiger partial charge in [-0.05, 0) is 42.2 Å². The number of anilines is 1. The first-order valence-electron chi connectivity index (χ1n) is 15.4. The average Bonchev–Trinajstić information content (AvgIpc) is 2.82. The van der Waals surface area contributed by atoms with Crippen LogP contribution in [0.3, 0.4) is 0 Å². The van der Waals surface area contributed by atoms with Crippen LogP contribution in [-0.4, -0.2) is 29.0 Å². The molecule has 0 aliphatic carbocycles. The Labute approximate surface area is 234 Å². The summed E-state index contributed by atoms with van der Waals surface area (Å²) in [6.45, 7) is 15.0. The minimum Gasteiger partial charge on any atom is -0.507 e. The predicted octanol–water partition coefficient (Wildman–Crippen LogP) is 9.77. The number of hydrogen-bond donors (Lipinski definition) is 3. The quantitative estimate of drug-likeness (QED) is 0.130. The highest BCUT2D eigenvalue weighted by atomic mass is 16.5. The molecule has 3 N–H and O–H groups in total. The molecule has 0 bridgehead atoms. The number of aromatic hydroxyl groups is 1. The van der Waals surface area contributed by atoms with Gasteiger partial charge in [-0.3, -0.25) is 5.32 Å². The normalized spacial score (nSPS) is 12.9. The maximum absolute atomic E-state index is 12.4. The lowest BCUT2D eigenvalue weighted by atomic mass is 9.79. The Morgan fingerprint density at radius 1 is 0.763 bits per heavy atom. The van der Waals surface area contributed by atoms with Crippen LogP contribution in [0, 0.1) is 0 Å². The highest BCUT2D eigenvalue weighted by molar-refractivity contribution is 5.85. The van der Waals surface area contributed by atoms with Gasteiger partial charge in [0.15, 0.2) is 0 Å². The zero-order chi connectivity index (χ0) is 28.6. The highest BCUT2D eigenvalue weighted by Gasteiger charge is 2.27. The predicted molar refractivity (Wildman–Crippen MR) is 161 cm³/mol. The van der Waals surface area contributed by atoms with Crippen LogP contribution in [0.2, 0.25) is 0 Å². The molecular formula is C33H59NO4. The van der Waals surface area contributed by atoms with Crippen molar-refractivity contribution in [1.82, 2.24) is 0 Å². The largest absolute Gasteiger partial charge is 0.507 e. The van der Waals surface area contributed by atoms with Gasteiger partial charge in [-0.1, -0.05) is 126 Å². The number of amides is 1. The molecule has 5 heteroatoms. The third-order valence-electron chi connectivity index (χ3n) is 7.28. The monoisotopic (exact) mass is 533 g/mol. The second kappa shape index (κ2) is 17.8. The van der Waals surface area contributed by atoms with E-state index in [-0.39, 0.29) is 16.9 Å². The second-order valence-corrected chi connectivity index (χ2v) is 13.2. The van der Waals surface area contributed by atoms with E-state index in [0.29, 0.717) is 18.0 Å². The first-order valence-corrected chi connectivity index (χ1v) is 15.4. The van der Waals surface area contributed by atoms with Gasteiger partial charge < -0.3 is 14.9 Å². The van der Waals surface area contributed by atoms with Crippen LogP contribution >= 0.6 is 0 Å². The summed E-state index contributed by atoms with van der Waals surface area (Å²) in [7, 11) is 0. The number of aliphatic hydroxyl groups excluding tert-OH is 1. The maximum Gasteiger partial charge on any atom is 0.411 e. The maximum atomic E-state index is 12.4. The SMILES string of the molecule is CCCCCCC(O)CCCCCCCCCCCOC(=O)Nc1cc(C(C)(C)C)c(O)c(C(C)(C)C)c1. The van der Waals surface area contributed by atoms with E-state index in [0.717, 1.165) is 43.2 Å². The summed E-state index contributed by atoms with van der Waals surface area (Å²) in [6, 6.07) is 3.70. The van der Waals surface area contributed by atoms with E-state index >= 15 is 0 Å². The zero-order valence-electron chi connectivity index (χ0n) is 25.8. The molecule has 0 aliphatic heterocycles. The first kappa shape index (κ1) is 34.3. The van der Waals surface area contributed by atoms with Gasteiger partial charge in [0.25, 0.3) is 0 Å². The molecule has 0 saturated heterocycles. The van der Waals surface area contributed by atoms with Gasteiger partial charge in [-0.15, -0.1) is 0 Å². The Hall–Kier alpha value is -1.75. The lowest BCUT2D eigenvalue weighted by molar-refractivity contribution is 0.147. The fraction of sp³-hybridized carbons (Fsp3) is 0.788. The lowest BCUT2D eigenvalue weighted by Crippen LogP contribution is -2.20. The fourth-order valence-corrected chi connectivity index (χ4v) is 4.84. The number of aliphatic hydroxyl groups is 1. The van der Waals surface area contributed by atoms with Crippen molar-refractivity contribution in [1.29, 1.82) is 0 Å². The summed E-state index contributed by atoms with van der Waals surface area (Å²) in [5, 5.41) is 23.8. The Balaban J connectivity index is 2.18. The molecule has 1 unspecified atom stereocenters. The van der Waals surface area contributed by atoms with Crippen molar-refractivity contribution in [2.75, 3.05) is 11.9 Å². The molecule has 1 amide bonds. The minimum atomic E-state index is -0.443. The van der Waals surface area contributed by atoms with E-state index in [1.54, 1.807) is 0 Å². The Kier molecular flexibility index (Phi) is 16.0. The average molecular weight is 534 g/mol. The molecule has 0 saturated carbocycles. The molecule has 0 spiro atoms. The number of phenolic OH excluding ortho intramolecular Hbond substituents is 1. The number of carbonyl (C=O) groups excluding carboxylic acids is 1. The van der Waals surface area contributed by atoms with Crippen molar-refractivity contribution in [3.63, 3.8) is 0 Å². The number of unbranched alkanes of at least 4 members (excludes halogenated alkanes) is 11. The summed E-state index contributed by atoms with van der Waals surface area (Å²) >= 11 is 0. The number of benzene rings is 1. The molecule has 1 rings (SSSR count). The molecule has 5 nitrogen and oxygen atoms in total. The Morgan fingerprint density at radius 2 is 1.18 bits per heavy atom. The van der Waals surface area contributed by atoms with Crippen LogP contribution in [0.15, 0.2) is 12.1 Å². The van der Waals surface area contributed by atoms with E-state index in [1.807, 2.05) is 12.1 Å². The van der Waals surface area contributed by atoms with E-state index in [4.69, 9.17) is 4.74 Å². The standard InChI is InChI=1S/C33H59NO4/c1-8-9-10-18-21-27(35)22-19-16-14-12-11-13-15-17-20-23-38-31(37)34-26-24-28(32(2,3)4)30(36)29(25-26)33(5,6)7/h24-25,27,35-36H,8-23H2,1-7H3,(H,34,37). The smallest absolute Gasteiger partial charge is 0.411 e. The van der Waals surface area contributed by atoms with Crippen molar-refractivity contribution < 1.29 is 19.7 Å². The van der Waals surface area contributed by atoms with Crippen LogP contribution in [0.4, 0.5) is 10.5 Å². The van der Waals surface area contributed by atoms with Crippen LogP contribution < -0.4 is 5.32 Å². The van der Waals surface area contributed by atoms with Gasteiger partial charge in [0.05, 0.1) is 12.7 Å². The molecule has 0 aliphatic rings. The Bertz CT molecular complexity index is 756. The van der Waals surface area contributed by atoms with Gasteiger partial charge in [0, 0.05) is 16.8 Å². The molecule has 1 aromatic rings. The molecule has 0 radical (unpaired) electrons. The molecule has 0 fully saturated rings. The van der Waals surface area contributed by atoms with Crippen LogP contribution in [0.1, 0.15) is 156 Å². The van der Waals surface area contributed by atoms with Gasteiger partial charge in [0.2, 0.25) is 0 Å². The van der Waals surface area contributed by atoms with Crippen LogP contribution in [-0.2, 0) is 15.6 Å². The van der Waals surface area contributed by atoms with Gasteiger partial charge >= 0.3 is 6.09 Å². The number of ether oxygens (including phenoxy) is 1. The summed E-state index contributed by atoms with van der Waals surface area (Å²) in [4.78, 5) is 12.4. The summed E-state index contributed by atoms with van der Waals surface area (Å²) in [5.74, 6) is 0.302. The summed E-state index contributed by atoms with van der Waals surface area (Å²) in [5.41, 5.74) is 1.79. The van der Waals surface area contributed by atoms with E-state index in [2.05, 4.69) is 53.8 Å². The number of carbonyl (C=O) groups is 1. The van der Waals surface area contributed by atoms with Crippen molar-refractivity contribution in [2.24, 2.45) is 0 Å². The van der Waals surface area contributed by atoms with Crippen molar-refractivity contribution in [2.45, 2.75) is 162 Å². The molecule has 0 heterocycles. The van der Waals surface area contributed by atoms with Crippen molar-refractivity contribution in [3.8, 4) is 5.75 Å². The highest BCUT2D eigenvalue weighted by Crippen LogP contribution is 2.41. The van der Waals surface area contributed by atoms with Crippen molar-refractivity contribution >= 4 is 11.8 Å². The minimum absolute atomic E-state index is 0.0980. The summed E-state index contributed by atoms with van der Waals surface area (Å²) in [6.07, 6.45) is 16.8.